The van der Waals surface area contributed by atoms with E-state index >= 15 is 0 Å². The fraction of sp³-hybridized carbons (Fsp3) is 0.588. The average molecular weight is 310 g/mol. The first-order valence-electron chi connectivity index (χ1n) is 7.49. The maximum absolute atomic E-state index is 12.3. The third-order valence-corrected chi connectivity index (χ3v) is 4.13. The molecule has 0 amide bonds. The molecule has 0 unspecified atom stereocenters. The molecule has 0 aliphatic carbocycles. The lowest BCUT2D eigenvalue weighted by atomic mass is 9.85. The van der Waals surface area contributed by atoms with Crippen LogP contribution in [0.2, 0.25) is 5.02 Å². The van der Waals surface area contributed by atoms with Gasteiger partial charge < -0.3 is 10.1 Å². The summed E-state index contributed by atoms with van der Waals surface area (Å²) < 4.78 is 5.97. The lowest BCUT2D eigenvalue weighted by Gasteiger charge is -2.39. The van der Waals surface area contributed by atoms with Crippen LogP contribution >= 0.6 is 11.6 Å². The predicted molar refractivity (Wildman–Crippen MR) is 85.5 cm³/mol. The summed E-state index contributed by atoms with van der Waals surface area (Å²) in [5, 5.41) is 4.06. The number of piperidine rings is 1. The number of hydrogen-bond donors (Lipinski definition) is 1. The molecule has 1 N–H and O–H groups in total. The Hall–Kier alpha value is -1.06. The molecule has 0 spiro atoms. The topological polar surface area (TPSA) is 38.3 Å². The number of carbonyl (C=O) groups is 1. The van der Waals surface area contributed by atoms with E-state index in [1.807, 2.05) is 45.0 Å². The largest absolute Gasteiger partial charge is 0.458 e. The highest BCUT2D eigenvalue weighted by Crippen LogP contribution is 2.31. The van der Waals surface area contributed by atoms with Crippen LogP contribution < -0.4 is 5.32 Å². The summed E-state index contributed by atoms with van der Waals surface area (Å²) in [5.74, 6) is -0.127. The molecule has 1 fully saturated rings. The Kier molecular flexibility index (Phi) is 4.95. The maximum Gasteiger partial charge on any atom is 0.311 e. The second-order valence-electron chi connectivity index (χ2n) is 6.88. The summed E-state index contributed by atoms with van der Waals surface area (Å²) in [6.07, 6.45) is 2.43. The molecule has 0 saturated carbocycles. The highest BCUT2D eigenvalue weighted by Gasteiger charge is 2.38. The summed E-state index contributed by atoms with van der Waals surface area (Å²) in [7, 11) is 0. The van der Waals surface area contributed by atoms with Gasteiger partial charge in [0.05, 0.1) is 5.41 Å². The Labute approximate surface area is 132 Å². The van der Waals surface area contributed by atoms with Gasteiger partial charge in [0.2, 0.25) is 0 Å². The van der Waals surface area contributed by atoms with Crippen LogP contribution in [0.5, 0.6) is 0 Å². The van der Waals surface area contributed by atoms with E-state index < -0.39 is 11.0 Å². The minimum Gasteiger partial charge on any atom is -0.458 e. The van der Waals surface area contributed by atoms with Crippen LogP contribution in [-0.4, -0.2) is 24.7 Å². The van der Waals surface area contributed by atoms with Crippen molar-refractivity contribution in [3.05, 3.63) is 34.9 Å². The van der Waals surface area contributed by atoms with Crippen LogP contribution in [0.15, 0.2) is 24.3 Å². The number of halogens is 1. The molecule has 2 rings (SSSR count). The van der Waals surface area contributed by atoms with Crippen molar-refractivity contribution in [1.82, 2.24) is 5.32 Å². The van der Waals surface area contributed by atoms with E-state index in [1.165, 1.54) is 0 Å². The van der Waals surface area contributed by atoms with Crippen molar-refractivity contribution in [1.29, 1.82) is 0 Å². The van der Waals surface area contributed by atoms with E-state index in [2.05, 4.69) is 5.32 Å². The van der Waals surface area contributed by atoms with Gasteiger partial charge in [-0.15, -0.1) is 0 Å². The van der Waals surface area contributed by atoms with E-state index in [0.717, 1.165) is 42.9 Å². The number of esters is 1. The van der Waals surface area contributed by atoms with Gasteiger partial charge >= 0.3 is 5.97 Å². The number of benzene rings is 1. The molecule has 0 radical (unpaired) electrons. The highest BCUT2D eigenvalue weighted by atomic mass is 35.5. The first kappa shape index (κ1) is 16.3. The van der Waals surface area contributed by atoms with Gasteiger partial charge in [-0.05, 0) is 51.6 Å². The van der Waals surface area contributed by atoms with E-state index in [-0.39, 0.29) is 5.97 Å². The lowest BCUT2D eigenvalue weighted by Crippen LogP contribution is -2.48. The standard InChI is InChI=1S/C17H24ClNO2/c1-16(2,3)15(20)21-17(8-10-19-11-9-17)12-13-4-6-14(18)7-5-13/h4-7,19H,8-12H2,1-3H3. The van der Waals surface area contributed by atoms with Gasteiger partial charge in [-0.1, -0.05) is 23.7 Å². The van der Waals surface area contributed by atoms with Crippen LogP contribution in [0, 0.1) is 5.41 Å². The van der Waals surface area contributed by atoms with E-state index in [0.29, 0.717) is 0 Å². The van der Waals surface area contributed by atoms with Crippen molar-refractivity contribution in [2.24, 2.45) is 5.41 Å². The Morgan fingerprint density at radius 3 is 2.33 bits per heavy atom. The summed E-state index contributed by atoms with van der Waals surface area (Å²) in [6, 6.07) is 7.79. The number of nitrogens with one attached hydrogen (secondary N) is 1. The summed E-state index contributed by atoms with van der Waals surface area (Å²) in [5.41, 5.74) is 0.282. The first-order valence-corrected chi connectivity index (χ1v) is 7.87. The third kappa shape index (κ3) is 4.45. The summed E-state index contributed by atoms with van der Waals surface area (Å²) >= 11 is 5.94. The average Bonchev–Trinajstić information content (AvgIpc) is 2.41. The van der Waals surface area contributed by atoms with Crippen LogP contribution in [0.1, 0.15) is 39.2 Å². The van der Waals surface area contributed by atoms with Crippen LogP contribution in [-0.2, 0) is 16.0 Å². The summed E-state index contributed by atoms with van der Waals surface area (Å²) in [4.78, 5) is 12.3. The Morgan fingerprint density at radius 2 is 1.81 bits per heavy atom. The zero-order valence-corrected chi connectivity index (χ0v) is 13.8. The zero-order chi connectivity index (χ0) is 15.5. The maximum atomic E-state index is 12.3. The first-order chi connectivity index (χ1) is 9.81. The number of ether oxygens (including phenoxy) is 1. The Balaban J connectivity index is 2.16. The number of hydrogen-bond acceptors (Lipinski definition) is 3. The van der Waals surface area contributed by atoms with Crippen molar-refractivity contribution >= 4 is 17.6 Å². The highest BCUT2D eigenvalue weighted by molar-refractivity contribution is 6.30. The molecule has 0 atom stereocenters. The molecule has 0 aromatic heterocycles. The predicted octanol–water partition coefficient (Wildman–Crippen LogP) is 3.59. The van der Waals surface area contributed by atoms with Crippen LogP contribution in [0.4, 0.5) is 0 Å². The molecule has 1 saturated heterocycles. The van der Waals surface area contributed by atoms with E-state index in [1.54, 1.807) is 0 Å². The molecular weight excluding hydrogens is 286 g/mol. The quantitative estimate of drug-likeness (QED) is 0.867. The van der Waals surface area contributed by atoms with Gasteiger partial charge in [-0.25, -0.2) is 0 Å². The van der Waals surface area contributed by atoms with Crippen molar-refractivity contribution < 1.29 is 9.53 Å². The normalized spacial score (nSPS) is 18.3. The molecule has 1 aliphatic heterocycles. The molecule has 1 aliphatic rings. The second-order valence-corrected chi connectivity index (χ2v) is 7.31. The van der Waals surface area contributed by atoms with Crippen molar-refractivity contribution in [2.45, 2.75) is 45.6 Å². The third-order valence-electron chi connectivity index (χ3n) is 3.88. The molecule has 0 bridgehead atoms. The lowest BCUT2D eigenvalue weighted by molar-refractivity contribution is -0.172. The molecule has 1 aromatic rings. The molecule has 3 nitrogen and oxygen atoms in total. The summed E-state index contributed by atoms with van der Waals surface area (Å²) in [6.45, 7) is 7.45. The fourth-order valence-electron chi connectivity index (χ4n) is 2.52. The second kappa shape index (κ2) is 6.37. The smallest absolute Gasteiger partial charge is 0.311 e. The fourth-order valence-corrected chi connectivity index (χ4v) is 2.65. The van der Waals surface area contributed by atoms with Gasteiger partial charge in [0.1, 0.15) is 5.60 Å². The van der Waals surface area contributed by atoms with Gasteiger partial charge in [0, 0.05) is 24.3 Å². The minimum absolute atomic E-state index is 0.127. The molecule has 21 heavy (non-hydrogen) atoms. The van der Waals surface area contributed by atoms with Crippen LogP contribution in [0.3, 0.4) is 0 Å². The van der Waals surface area contributed by atoms with E-state index in [9.17, 15) is 4.79 Å². The molecule has 1 aromatic carbocycles. The minimum atomic E-state index is -0.474. The van der Waals surface area contributed by atoms with Crippen molar-refractivity contribution in [3.8, 4) is 0 Å². The van der Waals surface area contributed by atoms with E-state index in [4.69, 9.17) is 16.3 Å². The molecule has 116 valence electrons. The zero-order valence-electron chi connectivity index (χ0n) is 13.0. The van der Waals surface area contributed by atoms with Gasteiger partial charge in [-0.2, -0.15) is 0 Å². The number of carbonyl (C=O) groups excluding carboxylic acids is 1. The molecular formula is C17H24ClNO2. The molecule has 1 heterocycles. The Bertz CT molecular complexity index is 485. The van der Waals surface area contributed by atoms with Crippen LogP contribution in [0.25, 0.3) is 0 Å². The van der Waals surface area contributed by atoms with Gasteiger partial charge in [-0.3, -0.25) is 4.79 Å². The van der Waals surface area contributed by atoms with Gasteiger partial charge in [0.15, 0.2) is 0 Å². The van der Waals surface area contributed by atoms with Crippen molar-refractivity contribution in [3.63, 3.8) is 0 Å². The molecule has 4 heteroatoms. The van der Waals surface area contributed by atoms with Gasteiger partial charge in [0.25, 0.3) is 0 Å². The Morgan fingerprint density at radius 1 is 1.24 bits per heavy atom. The van der Waals surface area contributed by atoms with Crippen molar-refractivity contribution in [2.75, 3.05) is 13.1 Å². The number of rotatable bonds is 3. The SMILES string of the molecule is CC(C)(C)C(=O)OC1(Cc2ccc(Cl)cc2)CCNCC1. The monoisotopic (exact) mass is 309 g/mol.